The molecule has 17 heavy (non-hydrogen) atoms. The third-order valence-corrected chi connectivity index (χ3v) is 3.62. The Bertz CT molecular complexity index is 354. The van der Waals surface area contributed by atoms with E-state index in [1.165, 1.54) is 25.7 Å². The van der Waals surface area contributed by atoms with Crippen LogP contribution in [-0.2, 0) is 11.2 Å². The summed E-state index contributed by atoms with van der Waals surface area (Å²) in [6.45, 7) is 0.597. The van der Waals surface area contributed by atoms with E-state index in [0.29, 0.717) is 24.8 Å². The first-order chi connectivity index (χ1) is 8.25. The molecule has 92 valence electrons. The quantitative estimate of drug-likeness (QED) is 0.776. The summed E-state index contributed by atoms with van der Waals surface area (Å²) in [7, 11) is 2.08. The molecule has 0 N–H and O–H groups in total. The number of rotatable bonds is 5. The largest absolute Gasteiger partial charge is 0.298 e. The van der Waals surface area contributed by atoms with E-state index in [9.17, 15) is 4.79 Å². The maximum atomic E-state index is 11.9. The third kappa shape index (κ3) is 3.67. The summed E-state index contributed by atoms with van der Waals surface area (Å²) in [6, 6.07) is 10.6. The first kappa shape index (κ1) is 12.3. The molecular formula is C15H21NO. The van der Waals surface area contributed by atoms with Crippen LogP contribution in [0, 0.1) is 0 Å². The molecule has 1 saturated carbocycles. The standard InChI is InChI=1S/C15H21NO/c1-16(14-9-5-6-10-14)12-15(17)11-13-7-3-2-4-8-13/h2-4,7-8,14H,5-6,9-12H2,1H3. The highest BCUT2D eigenvalue weighted by Gasteiger charge is 2.20. The second kappa shape index (κ2) is 5.97. The van der Waals surface area contributed by atoms with Gasteiger partial charge < -0.3 is 0 Å². The minimum absolute atomic E-state index is 0.325. The minimum Gasteiger partial charge on any atom is -0.298 e. The fourth-order valence-corrected chi connectivity index (χ4v) is 2.63. The predicted molar refractivity (Wildman–Crippen MR) is 70.0 cm³/mol. The number of benzene rings is 1. The van der Waals surface area contributed by atoms with Crippen LogP contribution in [0.25, 0.3) is 0 Å². The summed E-state index contributed by atoms with van der Waals surface area (Å²) in [5.74, 6) is 0.325. The molecule has 2 heteroatoms. The van der Waals surface area contributed by atoms with Crippen molar-refractivity contribution in [3.63, 3.8) is 0 Å². The Labute approximate surface area is 104 Å². The molecule has 0 aliphatic heterocycles. The summed E-state index contributed by atoms with van der Waals surface area (Å²) in [5, 5.41) is 0. The Balaban J connectivity index is 1.80. The summed E-state index contributed by atoms with van der Waals surface area (Å²) < 4.78 is 0. The molecular weight excluding hydrogens is 210 g/mol. The maximum absolute atomic E-state index is 11.9. The van der Waals surface area contributed by atoms with Crippen LogP contribution in [0.1, 0.15) is 31.2 Å². The van der Waals surface area contributed by atoms with Gasteiger partial charge in [-0.3, -0.25) is 9.69 Å². The minimum atomic E-state index is 0.325. The van der Waals surface area contributed by atoms with Crippen molar-refractivity contribution in [3.8, 4) is 0 Å². The highest BCUT2D eigenvalue weighted by molar-refractivity contribution is 5.82. The van der Waals surface area contributed by atoms with E-state index in [4.69, 9.17) is 0 Å². The molecule has 0 atom stereocenters. The number of likely N-dealkylation sites (N-methyl/N-ethyl adjacent to an activating group) is 1. The first-order valence-electron chi connectivity index (χ1n) is 6.51. The zero-order valence-corrected chi connectivity index (χ0v) is 10.6. The van der Waals surface area contributed by atoms with Crippen LogP contribution < -0.4 is 0 Å². The van der Waals surface area contributed by atoms with Crippen molar-refractivity contribution in [2.45, 2.75) is 38.1 Å². The number of carbonyl (C=O) groups excluding carboxylic acids is 1. The SMILES string of the molecule is CN(CC(=O)Cc1ccccc1)C1CCCC1. The van der Waals surface area contributed by atoms with Crippen molar-refractivity contribution in [3.05, 3.63) is 35.9 Å². The van der Waals surface area contributed by atoms with Crippen LogP contribution in [0.2, 0.25) is 0 Å². The van der Waals surface area contributed by atoms with Crippen LogP contribution in [0.5, 0.6) is 0 Å². The van der Waals surface area contributed by atoms with E-state index in [1.54, 1.807) is 0 Å². The smallest absolute Gasteiger partial charge is 0.151 e. The molecule has 1 aromatic rings. The van der Waals surface area contributed by atoms with Crippen LogP contribution in [0.4, 0.5) is 0 Å². The molecule has 2 nitrogen and oxygen atoms in total. The van der Waals surface area contributed by atoms with Gasteiger partial charge in [0, 0.05) is 12.5 Å². The van der Waals surface area contributed by atoms with Crippen molar-refractivity contribution >= 4 is 5.78 Å². The molecule has 0 unspecified atom stereocenters. The highest BCUT2D eigenvalue weighted by atomic mass is 16.1. The van der Waals surface area contributed by atoms with Crippen molar-refractivity contribution in [2.24, 2.45) is 0 Å². The van der Waals surface area contributed by atoms with Gasteiger partial charge in [0.05, 0.1) is 6.54 Å². The molecule has 0 heterocycles. The van der Waals surface area contributed by atoms with E-state index in [-0.39, 0.29) is 0 Å². The average Bonchev–Trinajstić information content (AvgIpc) is 2.83. The number of hydrogen-bond donors (Lipinski definition) is 0. The normalized spacial score (nSPS) is 16.6. The van der Waals surface area contributed by atoms with Gasteiger partial charge in [0.2, 0.25) is 0 Å². The summed E-state index contributed by atoms with van der Waals surface area (Å²) in [5.41, 5.74) is 1.12. The van der Waals surface area contributed by atoms with Gasteiger partial charge >= 0.3 is 0 Å². The predicted octanol–water partition coefficient (Wildman–Crippen LogP) is 2.67. The fourth-order valence-electron chi connectivity index (χ4n) is 2.63. The zero-order chi connectivity index (χ0) is 12.1. The van der Waals surface area contributed by atoms with Crippen LogP contribution >= 0.6 is 0 Å². The lowest BCUT2D eigenvalue weighted by Gasteiger charge is -2.23. The lowest BCUT2D eigenvalue weighted by molar-refractivity contribution is -0.119. The third-order valence-electron chi connectivity index (χ3n) is 3.62. The lowest BCUT2D eigenvalue weighted by atomic mass is 10.1. The van der Waals surface area contributed by atoms with Crippen LogP contribution in [-0.4, -0.2) is 30.3 Å². The molecule has 0 amide bonds. The van der Waals surface area contributed by atoms with Gasteiger partial charge in [-0.1, -0.05) is 43.2 Å². The Hall–Kier alpha value is -1.15. The van der Waals surface area contributed by atoms with Gasteiger partial charge in [-0.2, -0.15) is 0 Å². The summed E-state index contributed by atoms with van der Waals surface area (Å²) >= 11 is 0. The van der Waals surface area contributed by atoms with Gasteiger partial charge in [-0.05, 0) is 25.5 Å². The molecule has 1 fully saturated rings. The van der Waals surface area contributed by atoms with Gasteiger partial charge in [-0.15, -0.1) is 0 Å². The van der Waals surface area contributed by atoms with Crippen molar-refractivity contribution in [2.75, 3.05) is 13.6 Å². The summed E-state index contributed by atoms with van der Waals surface area (Å²) in [6.07, 6.45) is 5.73. The van der Waals surface area contributed by atoms with Gasteiger partial charge in [0.15, 0.2) is 5.78 Å². The maximum Gasteiger partial charge on any atom is 0.151 e. The van der Waals surface area contributed by atoms with E-state index < -0.39 is 0 Å². The second-order valence-electron chi connectivity index (χ2n) is 5.05. The second-order valence-corrected chi connectivity index (χ2v) is 5.05. The number of ketones is 1. The molecule has 0 saturated heterocycles. The van der Waals surface area contributed by atoms with E-state index >= 15 is 0 Å². The first-order valence-corrected chi connectivity index (χ1v) is 6.51. The van der Waals surface area contributed by atoms with Crippen molar-refractivity contribution < 1.29 is 4.79 Å². The molecule has 0 bridgehead atoms. The van der Waals surface area contributed by atoms with Gasteiger partial charge in [0.1, 0.15) is 0 Å². The molecule has 0 aromatic heterocycles. The monoisotopic (exact) mass is 231 g/mol. The van der Waals surface area contributed by atoms with Crippen LogP contribution in [0.3, 0.4) is 0 Å². The fraction of sp³-hybridized carbons (Fsp3) is 0.533. The number of Topliss-reactive ketones (excluding diaryl/α,β-unsaturated/α-hetero) is 1. The Kier molecular flexibility index (Phi) is 4.32. The topological polar surface area (TPSA) is 20.3 Å². The van der Waals surface area contributed by atoms with Gasteiger partial charge in [0.25, 0.3) is 0 Å². The summed E-state index contributed by atoms with van der Waals surface area (Å²) in [4.78, 5) is 14.2. The Morgan fingerprint density at radius 3 is 2.53 bits per heavy atom. The molecule has 1 aromatic carbocycles. The number of hydrogen-bond acceptors (Lipinski definition) is 2. The van der Waals surface area contributed by atoms with Gasteiger partial charge in [-0.25, -0.2) is 0 Å². The molecule has 0 radical (unpaired) electrons. The Morgan fingerprint density at radius 2 is 1.88 bits per heavy atom. The van der Waals surface area contributed by atoms with Crippen molar-refractivity contribution in [1.29, 1.82) is 0 Å². The Morgan fingerprint density at radius 1 is 1.24 bits per heavy atom. The number of nitrogens with zero attached hydrogens (tertiary/aromatic N) is 1. The highest BCUT2D eigenvalue weighted by Crippen LogP contribution is 2.22. The van der Waals surface area contributed by atoms with E-state index in [0.717, 1.165) is 5.56 Å². The lowest BCUT2D eigenvalue weighted by Crippen LogP contribution is -2.34. The van der Waals surface area contributed by atoms with Crippen LogP contribution in [0.15, 0.2) is 30.3 Å². The number of carbonyl (C=O) groups is 1. The van der Waals surface area contributed by atoms with E-state index in [1.807, 2.05) is 30.3 Å². The molecule has 1 aliphatic rings. The molecule has 0 spiro atoms. The van der Waals surface area contributed by atoms with Crippen molar-refractivity contribution in [1.82, 2.24) is 4.90 Å². The average molecular weight is 231 g/mol. The van der Waals surface area contributed by atoms with E-state index in [2.05, 4.69) is 11.9 Å². The molecule has 1 aliphatic carbocycles. The zero-order valence-electron chi connectivity index (χ0n) is 10.6. The molecule has 2 rings (SSSR count).